The molecule has 2 aliphatic rings. The van der Waals surface area contributed by atoms with Crippen molar-refractivity contribution in [2.75, 3.05) is 26.2 Å². The van der Waals surface area contributed by atoms with E-state index in [9.17, 15) is 9.90 Å². The summed E-state index contributed by atoms with van der Waals surface area (Å²) in [5.74, 6) is 0.104. The van der Waals surface area contributed by atoms with Crippen LogP contribution >= 0.6 is 0 Å². The van der Waals surface area contributed by atoms with Gasteiger partial charge in [0.1, 0.15) is 0 Å². The maximum Gasteiger partial charge on any atom is 0.257 e. The topological polar surface area (TPSA) is 61.6 Å². The van der Waals surface area contributed by atoms with Crippen LogP contribution in [-0.2, 0) is 0 Å². The Bertz CT molecular complexity index is 582. The van der Waals surface area contributed by atoms with Gasteiger partial charge in [-0.1, -0.05) is 13.8 Å². The number of β-amino-alcohol motifs (C(OH)–C–C–N with tert-alkyl or cyclic N) is 1. The quantitative estimate of drug-likeness (QED) is 0.892. The van der Waals surface area contributed by atoms with Crippen molar-refractivity contribution in [3.05, 3.63) is 17.5 Å². The lowest BCUT2D eigenvalue weighted by Crippen LogP contribution is -2.38. The Labute approximate surface area is 144 Å². The van der Waals surface area contributed by atoms with Gasteiger partial charge in [0.25, 0.3) is 5.91 Å². The van der Waals surface area contributed by atoms with Crippen molar-refractivity contribution in [1.82, 2.24) is 19.6 Å². The molecule has 0 aromatic carbocycles. The van der Waals surface area contributed by atoms with Crippen LogP contribution in [0.25, 0.3) is 0 Å². The fourth-order valence-electron chi connectivity index (χ4n) is 4.13. The molecule has 2 atom stereocenters. The summed E-state index contributed by atoms with van der Waals surface area (Å²) >= 11 is 0. The minimum absolute atomic E-state index is 0.104. The van der Waals surface area contributed by atoms with Crippen molar-refractivity contribution < 1.29 is 9.90 Å². The first-order valence-electron chi connectivity index (χ1n) is 9.30. The maximum absolute atomic E-state index is 12.9. The smallest absolute Gasteiger partial charge is 0.257 e. The van der Waals surface area contributed by atoms with Crippen LogP contribution in [0.4, 0.5) is 0 Å². The SMILES string of the molecule is CCC(CC)n1ncc(C(=O)N2CC[C@H](N3CC[C@@H](O)C3)C2)c1C. The number of hydrogen-bond donors (Lipinski definition) is 1. The average Bonchev–Trinajstić information content (AvgIpc) is 3.29. The Morgan fingerprint density at radius 3 is 2.67 bits per heavy atom. The van der Waals surface area contributed by atoms with Crippen LogP contribution in [0.3, 0.4) is 0 Å². The largest absolute Gasteiger partial charge is 0.392 e. The van der Waals surface area contributed by atoms with Crippen LogP contribution in [0.5, 0.6) is 0 Å². The molecule has 6 nitrogen and oxygen atoms in total. The van der Waals surface area contributed by atoms with Gasteiger partial charge in [0.05, 0.1) is 23.9 Å². The second kappa shape index (κ2) is 7.23. The summed E-state index contributed by atoms with van der Waals surface area (Å²) in [7, 11) is 0. The molecule has 0 aliphatic carbocycles. The van der Waals surface area contributed by atoms with E-state index in [4.69, 9.17) is 0 Å². The molecule has 2 saturated heterocycles. The van der Waals surface area contributed by atoms with Gasteiger partial charge in [0.2, 0.25) is 0 Å². The molecule has 2 fully saturated rings. The predicted molar refractivity (Wildman–Crippen MR) is 93.1 cm³/mol. The molecular formula is C18H30N4O2. The van der Waals surface area contributed by atoms with Gasteiger partial charge in [-0.15, -0.1) is 0 Å². The molecule has 1 aromatic heterocycles. The highest BCUT2D eigenvalue weighted by Crippen LogP contribution is 2.24. The second-order valence-corrected chi connectivity index (χ2v) is 7.19. The van der Waals surface area contributed by atoms with Crippen molar-refractivity contribution in [1.29, 1.82) is 0 Å². The number of aliphatic hydroxyl groups excluding tert-OH is 1. The summed E-state index contributed by atoms with van der Waals surface area (Å²) in [5, 5.41) is 14.2. The van der Waals surface area contributed by atoms with Crippen LogP contribution in [0.15, 0.2) is 6.20 Å². The van der Waals surface area contributed by atoms with E-state index < -0.39 is 0 Å². The molecule has 1 N–H and O–H groups in total. The zero-order chi connectivity index (χ0) is 17.3. The fourth-order valence-corrected chi connectivity index (χ4v) is 4.13. The molecule has 1 aromatic rings. The van der Waals surface area contributed by atoms with Gasteiger partial charge in [-0.3, -0.25) is 14.4 Å². The standard InChI is InChI=1S/C18H30N4O2/c1-4-14(5-2)22-13(3)17(10-19-22)18(24)21-8-6-15(11-21)20-9-7-16(23)12-20/h10,14-16,23H,4-9,11-12H2,1-3H3/t15-,16+/m0/s1. The summed E-state index contributed by atoms with van der Waals surface area (Å²) in [6.07, 6.45) is 5.44. The minimum atomic E-state index is -0.199. The third-order valence-corrected chi connectivity index (χ3v) is 5.73. The van der Waals surface area contributed by atoms with Gasteiger partial charge in [-0.2, -0.15) is 5.10 Å². The first-order chi connectivity index (χ1) is 11.5. The van der Waals surface area contributed by atoms with E-state index in [-0.39, 0.29) is 12.0 Å². The molecule has 134 valence electrons. The van der Waals surface area contributed by atoms with Gasteiger partial charge in [-0.05, 0) is 32.6 Å². The number of aromatic nitrogens is 2. The molecule has 0 unspecified atom stereocenters. The van der Waals surface area contributed by atoms with E-state index in [1.807, 2.05) is 16.5 Å². The second-order valence-electron chi connectivity index (χ2n) is 7.19. The maximum atomic E-state index is 12.9. The zero-order valence-corrected chi connectivity index (χ0v) is 15.1. The number of rotatable bonds is 5. The molecule has 0 saturated carbocycles. The Kier molecular flexibility index (Phi) is 5.25. The van der Waals surface area contributed by atoms with Gasteiger partial charge in [-0.25, -0.2) is 0 Å². The first-order valence-corrected chi connectivity index (χ1v) is 9.30. The third-order valence-electron chi connectivity index (χ3n) is 5.73. The van der Waals surface area contributed by atoms with Gasteiger partial charge >= 0.3 is 0 Å². The highest BCUT2D eigenvalue weighted by atomic mass is 16.3. The van der Waals surface area contributed by atoms with Crippen LogP contribution in [-0.4, -0.2) is 68.9 Å². The Balaban J connectivity index is 1.67. The molecule has 3 heterocycles. The summed E-state index contributed by atoms with van der Waals surface area (Å²) in [6, 6.07) is 0.754. The number of hydrogen-bond acceptors (Lipinski definition) is 4. The van der Waals surface area contributed by atoms with E-state index in [1.54, 1.807) is 6.20 Å². The number of amides is 1. The molecule has 6 heteroatoms. The van der Waals surface area contributed by atoms with E-state index in [1.165, 1.54) is 0 Å². The first kappa shape index (κ1) is 17.4. The summed E-state index contributed by atoms with van der Waals surface area (Å²) in [4.78, 5) is 17.2. The van der Waals surface area contributed by atoms with E-state index in [2.05, 4.69) is 23.8 Å². The summed E-state index contributed by atoms with van der Waals surface area (Å²) < 4.78 is 2.01. The third kappa shape index (κ3) is 3.22. The highest BCUT2D eigenvalue weighted by molar-refractivity contribution is 5.95. The normalized spacial score (nSPS) is 25.1. The molecule has 1 amide bonds. The molecule has 3 rings (SSSR count). The Morgan fingerprint density at radius 2 is 2.04 bits per heavy atom. The highest BCUT2D eigenvalue weighted by Gasteiger charge is 2.35. The molecule has 0 radical (unpaired) electrons. The molecule has 2 aliphatic heterocycles. The predicted octanol–water partition coefficient (Wildman–Crippen LogP) is 1.83. The van der Waals surface area contributed by atoms with E-state index in [0.717, 1.165) is 63.1 Å². The van der Waals surface area contributed by atoms with Crippen molar-refractivity contribution >= 4 is 5.91 Å². The number of carbonyl (C=O) groups excluding carboxylic acids is 1. The lowest BCUT2D eigenvalue weighted by Gasteiger charge is -2.23. The number of aliphatic hydroxyl groups is 1. The number of carbonyl (C=O) groups is 1. The van der Waals surface area contributed by atoms with Gasteiger partial charge in [0, 0.05) is 37.9 Å². The Morgan fingerprint density at radius 1 is 1.29 bits per heavy atom. The molecular weight excluding hydrogens is 304 g/mol. The van der Waals surface area contributed by atoms with E-state index >= 15 is 0 Å². The van der Waals surface area contributed by atoms with Gasteiger partial charge < -0.3 is 10.0 Å². The van der Waals surface area contributed by atoms with Crippen molar-refractivity contribution in [2.24, 2.45) is 0 Å². The van der Waals surface area contributed by atoms with Crippen LogP contribution in [0, 0.1) is 6.92 Å². The summed E-state index contributed by atoms with van der Waals surface area (Å²) in [5.41, 5.74) is 1.72. The number of likely N-dealkylation sites (tertiary alicyclic amines) is 2. The van der Waals surface area contributed by atoms with Crippen LogP contribution in [0.1, 0.15) is 61.6 Å². The van der Waals surface area contributed by atoms with Crippen molar-refractivity contribution in [3.8, 4) is 0 Å². The monoisotopic (exact) mass is 334 g/mol. The Hall–Kier alpha value is -1.40. The minimum Gasteiger partial charge on any atom is -0.392 e. The average molecular weight is 334 g/mol. The van der Waals surface area contributed by atoms with E-state index in [0.29, 0.717) is 12.1 Å². The number of nitrogens with zero attached hydrogens (tertiary/aromatic N) is 4. The van der Waals surface area contributed by atoms with Crippen molar-refractivity contribution in [3.63, 3.8) is 0 Å². The lowest BCUT2D eigenvalue weighted by molar-refractivity contribution is 0.0777. The fraction of sp³-hybridized carbons (Fsp3) is 0.778. The van der Waals surface area contributed by atoms with Crippen LogP contribution < -0.4 is 0 Å². The molecule has 0 spiro atoms. The molecule has 24 heavy (non-hydrogen) atoms. The zero-order valence-electron chi connectivity index (χ0n) is 15.1. The lowest BCUT2D eigenvalue weighted by atomic mass is 10.1. The van der Waals surface area contributed by atoms with Crippen molar-refractivity contribution in [2.45, 2.75) is 64.6 Å². The summed E-state index contributed by atoms with van der Waals surface area (Å²) in [6.45, 7) is 9.58. The van der Waals surface area contributed by atoms with Crippen LogP contribution in [0.2, 0.25) is 0 Å². The van der Waals surface area contributed by atoms with Gasteiger partial charge in [0.15, 0.2) is 0 Å². The molecule has 0 bridgehead atoms.